The molecule has 1 N–H and O–H groups in total. The minimum Gasteiger partial charge on any atom is -0.497 e. The van der Waals surface area contributed by atoms with Crippen molar-refractivity contribution in [1.82, 2.24) is 30.2 Å². The second kappa shape index (κ2) is 7.55. The van der Waals surface area contributed by atoms with E-state index in [0.29, 0.717) is 17.6 Å². The molecule has 0 saturated heterocycles. The SMILES string of the molecule is COc1cccc(OCc2nc(-c3cn[nH]n3)n(C3CCCCC3)n2)c1. The van der Waals surface area contributed by atoms with Crippen LogP contribution in [-0.2, 0) is 6.61 Å². The summed E-state index contributed by atoms with van der Waals surface area (Å²) in [6.07, 6.45) is 7.64. The first-order valence-corrected chi connectivity index (χ1v) is 8.92. The Labute approximate surface area is 151 Å². The largest absolute Gasteiger partial charge is 0.497 e. The smallest absolute Gasteiger partial charge is 0.188 e. The van der Waals surface area contributed by atoms with Crippen molar-refractivity contribution in [2.24, 2.45) is 0 Å². The van der Waals surface area contributed by atoms with Crippen LogP contribution in [0.4, 0.5) is 0 Å². The summed E-state index contributed by atoms with van der Waals surface area (Å²) in [5, 5.41) is 15.5. The zero-order valence-electron chi connectivity index (χ0n) is 14.8. The topological polar surface area (TPSA) is 90.7 Å². The maximum absolute atomic E-state index is 5.85. The summed E-state index contributed by atoms with van der Waals surface area (Å²) in [6, 6.07) is 7.86. The van der Waals surface area contributed by atoms with Gasteiger partial charge in [0.1, 0.15) is 23.8 Å². The van der Waals surface area contributed by atoms with Crippen molar-refractivity contribution in [3.8, 4) is 23.0 Å². The van der Waals surface area contributed by atoms with Crippen molar-refractivity contribution in [2.75, 3.05) is 7.11 Å². The van der Waals surface area contributed by atoms with E-state index in [1.54, 1.807) is 13.3 Å². The normalized spacial score (nSPS) is 15.1. The number of methoxy groups -OCH3 is 1. The van der Waals surface area contributed by atoms with Gasteiger partial charge in [-0.2, -0.15) is 20.5 Å². The Kier molecular flexibility index (Phi) is 4.81. The number of nitrogens with one attached hydrogen (secondary N) is 1. The van der Waals surface area contributed by atoms with Crippen molar-refractivity contribution in [2.45, 2.75) is 44.8 Å². The lowest BCUT2D eigenvalue weighted by atomic mass is 9.95. The van der Waals surface area contributed by atoms with Crippen LogP contribution >= 0.6 is 0 Å². The second-order valence-electron chi connectivity index (χ2n) is 6.41. The zero-order valence-corrected chi connectivity index (χ0v) is 14.8. The summed E-state index contributed by atoms with van der Waals surface area (Å²) >= 11 is 0. The van der Waals surface area contributed by atoms with E-state index in [2.05, 4.69) is 20.4 Å². The van der Waals surface area contributed by atoms with Gasteiger partial charge in [-0.3, -0.25) is 0 Å². The van der Waals surface area contributed by atoms with Crippen molar-refractivity contribution in [3.05, 3.63) is 36.3 Å². The lowest BCUT2D eigenvalue weighted by Gasteiger charge is -2.22. The first-order valence-electron chi connectivity index (χ1n) is 8.92. The molecule has 1 aliphatic carbocycles. The van der Waals surface area contributed by atoms with Gasteiger partial charge in [-0.15, -0.1) is 0 Å². The predicted molar refractivity (Wildman–Crippen MR) is 94.8 cm³/mol. The molecule has 8 heteroatoms. The number of benzene rings is 1. The molecule has 0 radical (unpaired) electrons. The van der Waals surface area contributed by atoms with Gasteiger partial charge in [-0.05, 0) is 25.0 Å². The molecular weight excluding hydrogens is 332 g/mol. The Hall–Kier alpha value is -2.90. The first-order chi connectivity index (χ1) is 12.8. The summed E-state index contributed by atoms with van der Waals surface area (Å²) < 4.78 is 13.1. The van der Waals surface area contributed by atoms with Gasteiger partial charge in [0.25, 0.3) is 0 Å². The number of ether oxygens (including phenoxy) is 2. The molecule has 0 aliphatic heterocycles. The number of aromatic amines is 1. The third-order valence-electron chi connectivity index (χ3n) is 4.65. The van der Waals surface area contributed by atoms with Crippen LogP contribution in [0.15, 0.2) is 30.5 Å². The van der Waals surface area contributed by atoms with Crippen LogP contribution in [0.2, 0.25) is 0 Å². The van der Waals surface area contributed by atoms with Crippen molar-refractivity contribution in [3.63, 3.8) is 0 Å². The maximum atomic E-state index is 5.85. The summed E-state index contributed by atoms with van der Waals surface area (Å²) in [4.78, 5) is 4.66. The molecule has 0 bridgehead atoms. The molecule has 8 nitrogen and oxygen atoms in total. The van der Waals surface area contributed by atoms with E-state index >= 15 is 0 Å². The van der Waals surface area contributed by atoms with Gasteiger partial charge in [-0.1, -0.05) is 25.3 Å². The van der Waals surface area contributed by atoms with Crippen LogP contribution in [0.1, 0.15) is 44.0 Å². The molecule has 0 amide bonds. The van der Waals surface area contributed by atoms with Gasteiger partial charge in [0, 0.05) is 6.07 Å². The van der Waals surface area contributed by atoms with Crippen molar-refractivity contribution >= 4 is 0 Å². The average molecular weight is 354 g/mol. The zero-order chi connectivity index (χ0) is 17.8. The Morgan fingerprint density at radius 2 is 2.04 bits per heavy atom. The maximum Gasteiger partial charge on any atom is 0.188 e. The fourth-order valence-corrected chi connectivity index (χ4v) is 3.33. The van der Waals surface area contributed by atoms with E-state index in [4.69, 9.17) is 14.6 Å². The number of nitrogens with zero attached hydrogens (tertiary/aromatic N) is 5. The summed E-state index contributed by atoms with van der Waals surface area (Å²) in [5.74, 6) is 2.86. The fourth-order valence-electron chi connectivity index (χ4n) is 3.33. The van der Waals surface area contributed by atoms with Crippen LogP contribution in [0.3, 0.4) is 0 Å². The van der Waals surface area contributed by atoms with E-state index in [1.807, 2.05) is 28.9 Å². The van der Waals surface area contributed by atoms with E-state index in [1.165, 1.54) is 19.3 Å². The fraction of sp³-hybridized carbons (Fsp3) is 0.444. The molecule has 4 rings (SSSR count). The lowest BCUT2D eigenvalue weighted by Crippen LogP contribution is -2.15. The molecule has 3 aromatic rings. The van der Waals surface area contributed by atoms with Crippen LogP contribution in [-0.4, -0.2) is 37.3 Å². The van der Waals surface area contributed by atoms with E-state index in [-0.39, 0.29) is 6.61 Å². The van der Waals surface area contributed by atoms with Crippen LogP contribution in [0, 0.1) is 0 Å². The van der Waals surface area contributed by atoms with E-state index in [9.17, 15) is 0 Å². The quantitative estimate of drug-likeness (QED) is 0.731. The monoisotopic (exact) mass is 354 g/mol. The Bertz CT molecular complexity index is 839. The molecule has 2 heterocycles. The number of hydrogen-bond acceptors (Lipinski definition) is 6. The minimum atomic E-state index is 0.289. The second-order valence-corrected chi connectivity index (χ2v) is 6.41. The van der Waals surface area contributed by atoms with Crippen molar-refractivity contribution in [1.29, 1.82) is 0 Å². The molecule has 1 saturated carbocycles. The number of H-pyrrole nitrogens is 1. The van der Waals surface area contributed by atoms with Gasteiger partial charge in [0.15, 0.2) is 11.6 Å². The summed E-state index contributed by atoms with van der Waals surface area (Å²) in [5.41, 5.74) is 0.704. The molecule has 1 aliphatic rings. The third-order valence-corrected chi connectivity index (χ3v) is 4.65. The molecule has 2 aromatic heterocycles. The molecule has 1 fully saturated rings. The standard InChI is InChI=1S/C18H22N6O2/c1-25-14-8-5-9-15(10-14)26-12-17-20-18(16-11-19-23-21-16)24(22-17)13-6-3-2-4-7-13/h5,8-11,13H,2-4,6-7,12H2,1H3,(H,19,21,23). The average Bonchev–Trinajstić information content (AvgIpc) is 3.37. The number of aromatic nitrogens is 6. The first kappa shape index (κ1) is 16.6. The molecular formula is C18H22N6O2. The van der Waals surface area contributed by atoms with Gasteiger partial charge in [0.05, 0.1) is 19.3 Å². The number of hydrogen-bond donors (Lipinski definition) is 1. The highest BCUT2D eigenvalue weighted by atomic mass is 16.5. The number of rotatable bonds is 6. The van der Waals surface area contributed by atoms with Crippen LogP contribution in [0.25, 0.3) is 11.5 Å². The van der Waals surface area contributed by atoms with Crippen LogP contribution in [0.5, 0.6) is 11.5 Å². The van der Waals surface area contributed by atoms with Crippen molar-refractivity contribution < 1.29 is 9.47 Å². The Morgan fingerprint density at radius 3 is 2.81 bits per heavy atom. The molecule has 0 atom stereocenters. The lowest BCUT2D eigenvalue weighted by molar-refractivity contribution is 0.287. The van der Waals surface area contributed by atoms with Gasteiger partial charge in [-0.25, -0.2) is 9.67 Å². The molecule has 26 heavy (non-hydrogen) atoms. The van der Waals surface area contributed by atoms with Gasteiger partial charge in [0.2, 0.25) is 0 Å². The van der Waals surface area contributed by atoms with Gasteiger partial charge < -0.3 is 9.47 Å². The Balaban J connectivity index is 1.56. The molecule has 1 aromatic carbocycles. The Morgan fingerprint density at radius 1 is 1.19 bits per heavy atom. The van der Waals surface area contributed by atoms with Crippen LogP contribution < -0.4 is 9.47 Å². The summed E-state index contributed by atoms with van der Waals surface area (Å²) in [7, 11) is 1.64. The molecule has 0 spiro atoms. The highest BCUT2D eigenvalue weighted by molar-refractivity contribution is 5.47. The molecule has 136 valence electrons. The van der Waals surface area contributed by atoms with E-state index in [0.717, 1.165) is 30.2 Å². The van der Waals surface area contributed by atoms with Gasteiger partial charge >= 0.3 is 0 Å². The highest BCUT2D eigenvalue weighted by Gasteiger charge is 2.23. The summed E-state index contributed by atoms with van der Waals surface area (Å²) in [6.45, 7) is 0.289. The third kappa shape index (κ3) is 3.54. The minimum absolute atomic E-state index is 0.289. The molecule has 0 unspecified atom stereocenters. The van der Waals surface area contributed by atoms with E-state index < -0.39 is 0 Å². The predicted octanol–water partition coefficient (Wildman–Crippen LogP) is 3.16. The highest BCUT2D eigenvalue weighted by Crippen LogP contribution is 2.31.